The van der Waals surface area contributed by atoms with E-state index < -0.39 is 6.10 Å². The highest BCUT2D eigenvalue weighted by Crippen LogP contribution is 2.19. The van der Waals surface area contributed by atoms with Crippen LogP contribution in [0.25, 0.3) is 0 Å². The fraction of sp³-hybridized carbons (Fsp3) is 0.855. The van der Waals surface area contributed by atoms with Crippen LogP contribution in [0, 0.1) is 0 Å². The molecule has 0 rings (SSSR count). The van der Waals surface area contributed by atoms with Crippen LogP contribution in [0.2, 0.25) is 0 Å². The molecular formula is C76H140O6. The first-order chi connectivity index (χ1) is 40.5. The van der Waals surface area contributed by atoms with Crippen molar-refractivity contribution in [3.05, 3.63) is 48.6 Å². The van der Waals surface area contributed by atoms with Crippen LogP contribution in [0.4, 0.5) is 0 Å². The standard InChI is InChI=1S/C76H140O6/c1-4-7-10-13-16-19-22-25-28-31-34-36-37-38-39-40-43-45-48-51-54-57-60-63-66-69-75(78)81-72-73(71-80-74(77)68-65-62-59-56-53-50-47-44-41-33-30-27-24-21-18-15-12-9-6-3)82-76(79)70-67-64-61-58-55-52-49-46-42-35-32-29-26-23-20-17-14-11-8-5-2/h9,12,18,21,27,30,41,44,73H,4-8,10-11,13-17,19-20,22-26,28-29,31-40,42-43,45-72H2,1-3H3/b12-9-,21-18-,30-27-,44-41-. The van der Waals surface area contributed by atoms with Crippen molar-refractivity contribution in [2.45, 2.75) is 406 Å². The van der Waals surface area contributed by atoms with Crippen LogP contribution in [0.15, 0.2) is 48.6 Å². The lowest BCUT2D eigenvalue weighted by Gasteiger charge is -2.18. The molecule has 0 fully saturated rings. The van der Waals surface area contributed by atoms with E-state index in [4.69, 9.17) is 14.2 Å². The number of hydrogen-bond donors (Lipinski definition) is 0. The molecule has 0 aliphatic rings. The summed E-state index contributed by atoms with van der Waals surface area (Å²) in [5.41, 5.74) is 0. The Balaban J connectivity index is 4.30. The minimum Gasteiger partial charge on any atom is -0.462 e. The monoisotopic (exact) mass is 1150 g/mol. The highest BCUT2D eigenvalue weighted by atomic mass is 16.6. The van der Waals surface area contributed by atoms with Gasteiger partial charge >= 0.3 is 17.9 Å². The van der Waals surface area contributed by atoms with Crippen LogP contribution >= 0.6 is 0 Å². The number of unbranched alkanes of at least 4 members (excludes halogenated alkanes) is 49. The Hall–Kier alpha value is -2.63. The van der Waals surface area contributed by atoms with Crippen molar-refractivity contribution >= 4 is 17.9 Å². The Morgan fingerprint density at radius 3 is 0.744 bits per heavy atom. The summed E-state index contributed by atoms with van der Waals surface area (Å²) in [6.07, 6.45) is 90.0. The van der Waals surface area contributed by atoms with Gasteiger partial charge in [-0.15, -0.1) is 0 Å². The fourth-order valence-corrected chi connectivity index (χ4v) is 11.1. The van der Waals surface area contributed by atoms with Gasteiger partial charge in [-0.1, -0.05) is 371 Å². The third-order valence-electron chi connectivity index (χ3n) is 16.6. The van der Waals surface area contributed by atoms with Crippen LogP contribution in [-0.2, 0) is 28.6 Å². The molecule has 0 amide bonds. The molecule has 0 heterocycles. The van der Waals surface area contributed by atoms with E-state index in [2.05, 4.69) is 69.4 Å². The average Bonchev–Trinajstić information content (AvgIpc) is 3.47. The molecule has 6 nitrogen and oxygen atoms in total. The third-order valence-corrected chi connectivity index (χ3v) is 16.6. The van der Waals surface area contributed by atoms with E-state index in [1.807, 2.05) is 0 Å². The Morgan fingerprint density at radius 1 is 0.256 bits per heavy atom. The minimum absolute atomic E-state index is 0.0720. The van der Waals surface area contributed by atoms with E-state index in [1.165, 1.54) is 270 Å². The number of esters is 3. The molecule has 82 heavy (non-hydrogen) atoms. The first kappa shape index (κ1) is 79.4. The molecule has 6 heteroatoms. The molecule has 0 aromatic heterocycles. The van der Waals surface area contributed by atoms with Gasteiger partial charge in [-0.05, 0) is 57.8 Å². The van der Waals surface area contributed by atoms with Crippen molar-refractivity contribution in [1.82, 2.24) is 0 Å². The number of allylic oxidation sites excluding steroid dienone is 8. The van der Waals surface area contributed by atoms with Gasteiger partial charge in [-0.3, -0.25) is 14.4 Å². The quantitative estimate of drug-likeness (QED) is 0.0261. The molecule has 480 valence electrons. The second-order valence-corrected chi connectivity index (χ2v) is 24.8. The molecule has 0 radical (unpaired) electrons. The maximum Gasteiger partial charge on any atom is 0.306 e. The number of rotatable bonds is 68. The van der Waals surface area contributed by atoms with Crippen LogP contribution in [0.5, 0.6) is 0 Å². The smallest absolute Gasteiger partial charge is 0.306 e. The zero-order valence-electron chi connectivity index (χ0n) is 55.3. The summed E-state index contributed by atoms with van der Waals surface area (Å²) in [5.74, 6) is -0.855. The summed E-state index contributed by atoms with van der Waals surface area (Å²) >= 11 is 0. The Morgan fingerprint density at radius 2 is 0.476 bits per heavy atom. The van der Waals surface area contributed by atoms with Crippen LogP contribution < -0.4 is 0 Å². The summed E-state index contributed by atoms with van der Waals surface area (Å²) in [6, 6.07) is 0. The molecule has 0 aliphatic heterocycles. The van der Waals surface area contributed by atoms with Gasteiger partial charge in [0, 0.05) is 19.3 Å². The molecule has 0 saturated carbocycles. The SMILES string of the molecule is CC/C=C\C/C=C\C/C=C\C/C=C\CCCCCCCCC(=O)OCC(COC(=O)CCCCCCCCCCCCCCCCCCCCCCCCCCC)OC(=O)CCCCCCCCCCCCCCCCCCCCCC. The van der Waals surface area contributed by atoms with Gasteiger partial charge in [0.05, 0.1) is 0 Å². The first-order valence-electron chi connectivity index (χ1n) is 36.6. The number of carbonyl (C=O) groups is 3. The zero-order valence-corrected chi connectivity index (χ0v) is 55.3. The highest BCUT2D eigenvalue weighted by molar-refractivity contribution is 5.71. The lowest BCUT2D eigenvalue weighted by molar-refractivity contribution is -0.167. The molecule has 0 saturated heterocycles. The van der Waals surface area contributed by atoms with E-state index >= 15 is 0 Å². The molecule has 0 aliphatic carbocycles. The Labute approximate surface area is 511 Å². The van der Waals surface area contributed by atoms with Crippen LogP contribution in [-0.4, -0.2) is 37.2 Å². The minimum atomic E-state index is -0.778. The lowest BCUT2D eigenvalue weighted by Crippen LogP contribution is -2.30. The summed E-state index contributed by atoms with van der Waals surface area (Å²) in [5, 5.41) is 0. The highest BCUT2D eigenvalue weighted by Gasteiger charge is 2.19. The van der Waals surface area contributed by atoms with Gasteiger partial charge in [0.15, 0.2) is 6.10 Å². The predicted octanol–water partition coefficient (Wildman–Crippen LogP) is 25.3. The first-order valence-corrected chi connectivity index (χ1v) is 36.6. The normalized spacial score (nSPS) is 12.3. The van der Waals surface area contributed by atoms with Gasteiger partial charge in [0.2, 0.25) is 0 Å². The van der Waals surface area contributed by atoms with Crippen molar-refractivity contribution in [3.8, 4) is 0 Å². The topological polar surface area (TPSA) is 78.9 Å². The van der Waals surface area contributed by atoms with Crippen molar-refractivity contribution in [2.24, 2.45) is 0 Å². The van der Waals surface area contributed by atoms with E-state index in [0.29, 0.717) is 19.3 Å². The number of ether oxygens (including phenoxy) is 3. The van der Waals surface area contributed by atoms with E-state index in [1.54, 1.807) is 0 Å². The van der Waals surface area contributed by atoms with E-state index in [9.17, 15) is 14.4 Å². The van der Waals surface area contributed by atoms with Crippen molar-refractivity contribution < 1.29 is 28.6 Å². The van der Waals surface area contributed by atoms with Gasteiger partial charge in [-0.25, -0.2) is 0 Å². The molecule has 0 spiro atoms. The molecule has 1 atom stereocenters. The van der Waals surface area contributed by atoms with Crippen LogP contribution in [0.1, 0.15) is 400 Å². The van der Waals surface area contributed by atoms with Gasteiger partial charge < -0.3 is 14.2 Å². The average molecular weight is 1150 g/mol. The molecule has 0 aromatic carbocycles. The van der Waals surface area contributed by atoms with Crippen LogP contribution in [0.3, 0.4) is 0 Å². The molecular weight excluding hydrogens is 1010 g/mol. The molecule has 0 N–H and O–H groups in total. The molecule has 1 unspecified atom stereocenters. The van der Waals surface area contributed by atoms with Crippen molar-refractivity contribution in [2.75, 3.05) is 13.2 Å². The second-order valence-electron chi connectivity index (χ2n) is 24.8. The number of hydrogen-bond acceptors (Lipinski definition) is 6. The van der Waals surface area contributed by atoms with Crippen molar-refractivity contribution in [3.63, 3.8) is 0 Å². The van der Waals surface area contributed by atoms with Crippen molar-refractivity contribution in [1.29, 1.82) is 0 Å². The molecule has 0 bridgehead atoms. The Kier molecular flexibility index (Phi) is 68.6. The van der Waals surface area contributed by atoms with Gasteiger partial charge in [-0.2, -0.15) is 0 Å². The Bertz CT molecular complexity index is 1410. The largest absolute Gasteiger partial charge is 0.462 e. The number of carbonyl (C=O) groups excluding carboxylic acids is 3. The third kappa shape index (κ3) is 68.2. The maximum atomic E-state index is 13.0. The lowest BCUT2D eigenvalue weighted by atomic mass is 10.0. The van der Waals surface area contributed by atoms with E-state index in [0.717, 1.165) is 89.9 Å². The summed E-state index contributed by atoms with van der Waals surface area (Å²) in [4.78, 5) is 38.5. The summed E-state index contributed by atoms with van der Waals surface area (Å²) in [6.45, 7) is 6.60. The maximum absolute atomic E-state index is 13.0. The van der Waals surface area contributed by atoms with E-state index in [-0.39, 0.29) is 31.1 Å². The zero-order chi connectivity index (χ0) is 59.2. The predicted molar refractivity (Wildman–Crippen MR) is 358 cm³/mol. The fourth-order valence-electron chi connectivity index (χ4n) is 11.1. The van der Waals surface area contributed by atoms with Gasteiger partial charge in [0.25, 0.3) is 0 Å². The second kappa shape index (κ2) is 70.9. The van der Waals surface area contributed by atoms with Gasteiger partial charge in [0.1, 0.15) is 13.2 Å². The summed E-state index contributed by atoms with van der Waals surface area (Å²) in [7, 11) is 0. The molecule has 0 aromatic rings. The summed E-state index contributed by atoms with van der Waals surface area (Å²) < 4.78 is 17.0.